The Hall–Kier alpha value is -1.53. The van der Waals surface area contributed by atoms with Crippen LogP contribution in [0.5, 0.6) is 0 Å². The maximum Gasteiger partial charge on any atom is 0.191 e. The summed E-state index contributed by atoms with van der Waals surface area (Å²) in [6.45, 7) is 5.74. The second-order valence-electron chi connectivity index (χ2n) is 5.73. The van der Waals surface area contributed by atoms with Crippen LogP contribution in [0.4, 0.5) is 0 Å². The third kappa shape index (κ3) is 4.74. The van der Waals surface area contributed by atoms with Gasteiger partial charge in [0, 0.05) is 26.7 Å². The first-order valence-corrected chi connectivity index (χ1v) is 7.98. The number of rotatable bonds is 7. The first kappa shape index (κ1) is 16.8. The Bertz CT molecular complexity index is 441. The van der Waals surface area contributed by atoms with Gasteiger partial charge in [-0.3, -0.25) is 9.89 Å². The summed E-state index contributed by atoms with van der Waals surface area (Å²) in [5.74, 6) is 1.80. The zero-order chi connectivity index (χ0) is 15.8. The average molecular weight is 308 g/mol. The Balaban J connectivity index is 1.92. The lowest BCUT2D eigenvalue weighted by molar-refractivity contribution is 0.178. The molecule has 2 unspecified atom stereocenters. The highest BCUT2D eigenvalue weighted by molar-refractivity contribution is 5.79. The number of furan rings is 1. The fraction of sp³-hybridized carbons (Fsp3) is 0.688. The molecule has 2 atom stereocenters. The lowest BCUT2D eigenvalue weighted by atomic mass is 10.2. The number of nitrogens with one attached hydrogen (secondary N) is 2. The van der Waals surface area contributed by atoms with Gasteiger partial charge in [-0.2, -0.15) is 0 Å². The van der Waals surface area contributed by atoms with Crippen molar-refractivity contribution in [3.63, 3.8) is 0 Å². The average Bonchev–Trinajstić information content (AvgIpc) is 3.20. The van der Waals surface area contributed by atoms with E-state index in [1.807, 2.05) is 6.07 Å². The number of methoxy groups -OCH3 is 1. The quantitative estimate of drug-likeness (QED) is 0.592. The van der Waals surface area contributed by atoms with Crippen molar-refractivity contribution in [2.45, 2.75) is 31.8 Å². The molecule has 6 nitrogen and oxygen atoms in total. The molecule has 2 N–H and O–H groups in total. The summed E-state index contributed by atoms with van der Waals surface area (Å²) in [5, 5.41) is 6.73. The van der Waals surface area contributed by atoms with Gasteiger partial charge in [0.2, 0.25) is 0 Å². The van der Waals surface area contributed by atoms with E-state index in [-0.39, 0.29) is 12.1 Å². The first-order valence-electron chi connectivity index (χ1n) is 7.98. The molecule has 1 aromatic heterocycles. The number of guanidine groups is 1. The lowest BCUT2D eigenvalue weighted by Crippen LogP contribution is -2.46. The van der Waals surface area contributed by atoms with E-state index in [0.29, 0.717) is 6.61 Å². The topological polar surface area (TPSA) is 62.0 Å². The third-order valence-electron chi connectivity index (χ3n) is 3.94. The van der Waals surface area contributed by atoms with Gasteiger partial charge < -0.3 is 19.8 Å². The molecule has 124 valence electrons. The number of likely N-dealkylation sites (tertiary alicyclic amines) is 1. The molecule has 1 aromatic rings. The van der Waals surface area contributed by atoms with E-state index in [2.05, 4.69) is 33.5 Å². The maximum atomic E-state index is 5.63. The van der Waals surface area contributed by atoms with Gasteiger partial charge in [0.1, 0.15) is 5.76 Å². The van der Waals surface area contributed by atoms with Crippen LogP contribution in [0.25, 0.3) is 0 Å². The number of hydrogen-bond acceptors (Lipinski definition) is 4. The van der Waals surface area contributed by atoms with Gasteiger partial charge in [-0.25, -0.2) is 0 Å². The van der Waals surface area contributed by atoms with E-state index in [1.165, 1.54) is 12.8 Å². The maximum absolute atomic E-state index is 5.63. The van der Waals surface area contributed by atoms with Gasteiger partial charge >= 0.3 is 0 Å². The van der Waals surface area contributed by atoms with Crippen LogP contribution in [-0.2, 0) is 4.74 Å². The lowest BCUT2D eigenvalue weighted by Gasteiger charge is -2.27. The molecule has 0 amide bonds. The first-order chi connectivity index (χ1) is 10.7. The van der Waals surface area contributed by atoms with Crippen LogP contribution >= 0.6 is 0 Å². The normalized spacial score (nSPS) is 19.1. The van der Waals surface area contributed by atoms with Gasteiger partial charge in [-0.15, -0.1) is 0 Å². The van der Waals surface area contributed by atoms with Crippen molar-refractivity contribution in [3.8, 4) is 0 Å². The van der Waals surface area contributed by atoms with Crippen molar-refractivity contribution in [2.24, 2.45) is 4.99 Å². The molecular formula is C16H28N4O2. The molecule has 0 aromatic carbocycles. The molecule has 1 saturated heterocycles. The van der Waals surface area contributed by atoms with Crippen LogP contribution in [0.1, 0.15) is 31.6 Å². The SMILES string of the molecule is CN=C(NCC(c1ccco1)N1CCCC1)NC(C)COC. The minimum atomic E-state index is 0.213. The Kier molecular flexibility index (Phi) is 6.74. The predicted octanol–water partition coefficient (Wildman–Crippen LogP) is 1.62. The molecule has 0 saturated carbocycles. The predicted molar refractivity (Wildman–Crippen MR) is 88.1 cm³/mol. The zero-order valence-corrected chi connectivity index (χ0v) is 13.8. The minimum absolute atomic E-state index is 0.213. The highest BCUT2D eigenvalue weighted by atomic mass is 16.5. The summed E-state index contributed by atoms with van der Waals surface area (Å²) < 4.78 is 10.8. The van der Waals surface area contributed by atoms with E-state index in [0.717, 1.165) is 31.4 Å². The van der Waals surface area contributed by atoms with Crippen LogP contribution < -0.4 is 10.6 Å². The summed E-state index contributed by atoms with van der Waals surface area (Å²) in [4.78, 5) is 6.75. The molecule has 1 aliphatic heterocycles. The summed E-state index contributed by atoms with van der Waals surface area (Å²) in [6, 6.07) is 4.46. The molecule has 2 rings (SSSR count). The summed E-state index contributed by atoms with van der Waals surface area (Å²) >= 11 is 0. The van der Waals surface area contributed by atoms with Crippen molar-refractivity contribution in [1.82, 2.24) is 15.5 Å². The molecule has 0 radical (unpaired) electrons. The molecule has 0 bridgehead atoms. The summed E-state index contributed by atoms with van der Waals surface area (Å²) in [5.41, 5.74) is 0. The molecule has 0 aliphatic carbocycles. The molecule has 2 heterocycles. The Labute approximate surface area is 132 Å². The van der Waals surface area contributed by atoms with Crippen LogP contribution in [0.15, 0.2) is 27.8 Å². The van der Waals surface area contributed by atoms with Crippen LogP contribution in [-0.4, -0.2) is 57.3 Å². The second kappa shape index (κ2) is 8.80. The van der Waals surface area contributed by atoms with Gasteiger partial charge in [0.25, 0.3) is 0 Å². The standard InChI is InChI=1S/C16H28N4O2/c1-13(12-21-3)19-16(17-2)18-11-14(15-7-6-10-22-15)20-8-4-5-9-20/h6-7,10,13-14H,4-5,8-9,11-12H2,1-3H3,(H2,17,18,19). The van der Waals surface area contributed by atoms with E-state index in [1.54, 1.807) is 20.4 Å². The smallest absolute Gasteiger partial charge is 0.191 e. The monoisotopic (exact) mass is 308 g/mol. The van der Waals surface area contributed by atoms with Gasteiger partial charge in [0.15, 0.2) is 5.96 Å². The fourth-order valence-corrected chi connectivity index (χ4v) is 2.86. The van der Waals surface area contributed by atoms with Gasteiger partial charge in [0.05, 0.1) is 18.9 Å². The highest BCUT2D eigenvalue weighted by Crippen LogP contribution is 2.24. The number of ether oxygens (including phenoxy) is 1. The Morgan fingerprint density at radius 1 is 1.45 bits per heavy atom. The van der Waals surface area contributed by atoms with Crippen molar-refractivity contribution in [3.05, 3.63) is 24.2 Å². The zero-order valence-electron chi connectivity index (χ0n) is 13.8. The molecule has 6 heteroatoms. The largest absolute Gasteiger partial charge is 0.468 e. The highest BCUT2D eigenvalue weighted by Gasteiger charge is 2.25. The molecule has 1 fully saturated rings. The Morgan fingerprint density at radius 2 is 2.23 bits per heavy atom. The van der Waals surface area contributed by atoms with Crippen molar-refractivity contribution in [1.29, 1.82) is 0 Å². The number of hydrogen-bond donors (Lipinski definition) is 2. The van der Waals surface area contributed by atoms with Crippen LogP contribution in [0.2, 0.25) is 0 Å². The molecular weight excluding hydrogens is 280 g/mol. The molecule has 22 heavy (non-hydrogen) atoms. The van der Waals surface area contributed by atoms with Crippen molar-refractivity contribution in [2.75, 3.05) is 40.4 Å². The van der Waals surface area contributed by atoms with E-state index >= 15 is 0 Å². The van der Waals surface area contributed by atoms with Crippen LogP contribution in [0, 0.1) is 0 Å². The van der Waals surface area contributed by atoms with E-state index in [4.69, 9.17) is 9.15 Å². The summed E-state index contributed by atoms with van der Waals surface area (Å²) in [6.07, 6.45) is 4.26. The van der Waals surface area contributed by atoms with Gasteiger partial charge in [-0.05, 0) is 45.0 Å². The van der Waals surface area contributed by atoms with Crippen molar-refractivity contribution >= 4 is 5.96 Å². The van der Waals surface area contributed by atoms with Crippen molar-refractivity contribution < 1.29 is 9.15 Å². The Morgan fingerprint density at radius 3 is 2.82 bits per heavy atom. The minimum Gasteiger partial charge on any atom is -0.468 e. The molecule has 1 aliphatic rings. The van der Waals surface area contributed by atoms with E-state index in [9.17, 15) is 0 Å². The number of nitrogens with zero attached hydrogens (tertiary/aromatic N) is 2. The van der Waals surface area contributed by atoms with E-state index < -0.39 is 0 Å². The van der Waals surface area contributed by atoms with Crippen LogP contribution in [0.3, 0.4) is 0 Å². The molecule has 0 spiro atoms. The third-order valence-corrected chi connectivity index (χ3v) is 3.94. The van der Waals surface area contributed by atoms with Gasteiger partial charge in [-0.1, -0.05) is 0 Å². The number of aliphatic imine (C=N–C) groups is 1. The fourth-order valence-electron chi connectivity index (χ4n) is 2.86. The second-order valence-corrected chi connectivity index (χ2v) is 5.73. The summed E-state index contributed by atoms with van der Waals surface area (Å²) in [7, 11) is 3.49.